The number of hydrogen-bond donors (Lipinski definition) is 1. The van der Waals surface area contributed by atoms with E-state index < -0.39 is 0 Å². The van der Waals surface area contributed by atoms with E-state index in [1.54, 1.807) is 6.20 Å². The van der Waals surface area contributed by atoms with E-state index in [9.17, 15) is 4.79 Å². The van der Waals surface area contributed by atoms with E-state index in [0.29, 0.717) is 11.9 Å². The summed E-state index contributed by atoms with van der Waals surface area (Å²) in [5, 5.41) is 3.37. The highest BCUT2D eigenvalue weighted by Gasteiger charge is 2.37. The van der Waals surface area contributed by atoms with Crippen molar-refractivity contribution in [3.8, 4) is 0 Å². The lowest BCUT2D eigenvalue weighted by Gasteiger charge is -2.28. The number of aromatic nitrogens is 1. The van der Waals surface area contributed by atoms with Gasteiger partial charge in [-0.3, -0.25) is 9.78 Å². The van der Waals surface area contributed by atoms with E-state index in [1.165, 1.54) is 5.56 Å². The third-order valence-corrected chi connectivity index (χ3v) is 4.45. The van der Waals surface area contributed by atoms with Gasteiger partial charge in [-0.25, -0.2) is 0 Å². The number of carbonyl (C=O) groups is 1. The topological polar surface area (TPSA) is 45.2 Å². The van der Waals surface area contributed by atoms with Crippen molar-refractivity contribution in [2.75, 3.05) is 13.1 Å². The smallest absolute Gasteiger partial charge is 0.227 e. The van der Waals surface area contributed by atoms with Crippen molar-refractivity contribution in [1.82, 2.24) is 15.2 Å². The average Bonchev–Trinajstić information content (AvgIpc) is 3.07. The molecule has 2 saturated heterocycles. The molecule has 3 unspecified atom stereocenters. The van der Waals surface area contributed by atoms with Crippen LogP contribution < -0.4 is 5.32 Å². The first-order valence-electron chi connectivity index (χ1n) is 7.21. The Bertz CT molecular complexity index is 448. The van der Waals surface area contributed by atoms with Crippen molar-refractivity contribution in [1.29, 1.82) is 0 Å². The quantitative estimate of drug-likeness (QED) is 0.880. The molecule has 3 atom stereocenters. The van der Waals surface area contributed by atoms with Gasteiger partial charge in [0.1, 0.15) is 0 Å². The number of pyridine rings is 1. The van der Waals surface area contributed by atoms with Gasteiger partial charge in [0.25, 0.3) is 0 Å². The van der Waals surface area contributed by atoms with E-state index >= 15 is 0 Å². The highest BCUT2D eigenvalue weighted by Crippen LogP contribution is 2.34. The number of nitrogens with one attached hydrogen (secondary N) is 1. The number of nitrogens with zero attached hydrogens (tertiary/aromatic N) is 2. The average molecular weight is 259 g/mol. The molecule has 19 heavy (non-hydrogen) atoms. The fourth-order valence-corrected chi connectivity index (χ4v) is 3.36. The number of likely N-dealkylation sites (tertiary alicyclic amines) is 1. The minimum atomic E-state index is 0.150. The summed E-state index contributed by atoms with van der Waals surface area (Å²) in [5.74, 6) is 0.473. The number of carbonyl (C=O) groups excluding carboxylic acids is 1. The molecule has 0 bridgehead atoms. The van der Waals surface area contributed by atoms with Gasteiger partial charge < -0.3 is 10.2 Å². The standard InChI is InChI=1S/C15H21N3O/c1-11-13(6-8-17-11)15(19)18-9-3-5-14(18)12-4-2-7-16-10-12/h2,4,7,10-11,13-14,17H,3,5-6,8-9H2,1H3. The normalized spacial score (nSPS) is 30.8. The van der Waals surface area contributed by atoms with Crippen LogP contribution >= 0.6 is 0 Å². The van der Waals surface area contributed by atoms with Crippen LogP contribution in [0, 0.1) is 5.92 Å². The van der Waals surface area contributed by atoms with Crippen LogP contribution in [0.4, 0.5) is 0 Å². The highest BCUT2D eigenvalue weighted by atomic mass is 16.2. The van der Waals surface area contributed by atoms with E-state index in [2.05, 4.69) is 28.2 Å². The Morgan fingerprint density at radius 1 is 1.47 bits per heavy atom. The summed E-state index contributed by atoms with van der Waals surface area (Å²) in [7, 11) is 0. The second-order valence-corrected chi connectivity index (χ2v) is 5.61. The van der Waals surface area contributed by atoms with Gasteiger partial charge in [-0.05, 0) is 44.4 Å². The van der Waals surface area contributed by atoms with Gasteiger partial charge in [0.05, 0.1) is 12.0 Å². The molecule has 4 nitrogen and oxygen atoms in total. The van der Waals surface area contributed by atoms with Gasteiger partial charge in [-0.2, -0.15) is 0 Å². The van der Waals surface area contributed by atoms with Crippen molar-refractivity contribution in [2.24, 2.45) is 5.92 Å². The maximum Gasteiger partial charge on any atom is 0.227 e. The van der Waals surface area contributed by atoms with E-state index in [-0.39, 0.29) is 12.0 Å². The lowest BCUT2D eigenvalue weighted by Crippen LogP contribution is -2.39. The van der Waals surface area contributed by atoms with Gasteiger partial charge >= 0.3 is 0 Å². The molecule has 2 aliphatic heterocycles. The van der Waals surface area contributed by atoms with Crippen LogP contribution in [0.5, 0.6) is 0 Å². The number of amides is 1. The largest absolute Gasteiger partial charge is 0.335 e. The molecule has 3 rings (SSSR count). The molecule has 2 aliphatic rings. The Kier molecular flexibility index (Phi) is 3.51. The van der Waals surface area contributed by atoms with E-state index in [4.69, 9.17) is 0 Å². The zero-order valence-corrected chi connectivity index (χ0v) is 11.4. The van der Waals surface area contributed by atoms with Crippen molar-refractivity contribution in [3.63, 3.8) is 0 Å². The minimum Gasteiger partial charge on any atom is -0.335 e. The van der Waals surface area contributed by atoms with Crippen molar-refractivity contribution in [2.45, 2.75) is 38.3 Å². The maximum absolute atomic E-state index is 12.7. The highest BCUT2D eigenvalue weighted by molar-refractivity contribution is 5.80. The first-order valence-corrected chi connectivity index (χ1v) is 7.21. The third kappa shape index (κ3) is 2.37. The Hall–Kier alpha value is -1.42. The zero-order valence-electron chi connectivity index (χ0n) is 11.4. The van der Waals surface area contributed by atoms with Crippen LogP contribution in [0.25, 0.3) is 0 Å². The summed E-state index contributed by atoms with van der Waals surface area (Å²) >= 11 is 0. The van der Waals surface area contributed by atoms with E-state index in [1.807, 2.05) is 12.3 Å². The van der Waals surface area contributed by atoms with Crippen LogP contribution in [-0.4, -0.2) is 34.9 Å². The monoisotopic (exact) mass is 259 g/mol. The molecule has 0 aliphatic carbocycles. The summed E-state index contributed by atoms with van der Waals surface area (Å²) in [4.78, 5) is 19.0. The summed E-state index contributed by atoms with van der Waals surface area (Å²) in [6, 6.07) is 4.58. The maximum atomic E-state index is 12.7. The molecule has 3 heterocycles. The molecule has 0 aromatic carbocycles. The predicted molar refractivity (Wildman–Crippen MR) is 73.5 cm³/mol. The molecule has 0 spiro atoms. The predicted octanol–water partition coefficient (Wildman–Crippen LogP) is 1.74. The van der Waals surface area contributed by atoms with Crippen LogP contribution in [0.3, 0.4) is 0 Å². The zero-order chi connectivity index (χ0) is 13.2. The Morgan fingerprint density at radius 2 is 2.37 bits per heavy atom. The molecule has 0 saturated carbocycles. The molecule has 2 fully saturated rings. The molecule has 0 radical (unpaired) electrons. The van der Waals surface area contributed by atoms with Gasteiger partial charge in [-0.1, -0.05) is 6.07 Å². The second kappa shape index (κ2) is 5.29. The van der Waals surface area contributed by atoms with Crippen LogP contribution in [0.1, 0.15) is 37.8 Å². The molecule has 4 heteroatoms. The van der Waals surface area contributed by atoms with Crippen molar-refractivity contribution < 1.29 is 4.79 Å². The first kappa shape index (κ1) is 12.6. The molecule has 1 aromatic rings. The Morgan fingerprint density at radius 3 is 3.05 bits per heavy atom. The molecule has 1 aromatic heterocycles. The fourth-order valence-electron chi connectivity index (χ4n) is 3.36. The van der Waals surface area contributed by atoms with Crippen molar-refractivity contribution >= 4 is 5.91 Å². The van der Waals surface area contributed by atoms with Gasteiger partial charge in [0, 0.05) is 25.0 Å². The number of rotatable bonds is 2. The van der Waals surface area contributed by atoms with E-state index in [0.717, 1.165) is 32.4 Å². The van der Waals surface area contributed by atoms with Crippen LogP contribution in [0.15, 0.2) is 24.5 Å². The second-order valence-electron chi connectivity index (χ2n) is 5.61. The molecule has 102 valence electrons. The van der Waals surface area contributed by atoms with Gasteiger partial charge in [-0.15, -0.1) is 0 Å². The number of hydrogen-bond acceptors (Lipinski definition) is 3. The minimum absolute atomic E-state index is 0.150. The lowest BCUT2D eigenvalue weighted by molar-refractivity contribution is -0.136. The third-order valence-electron chi connectivity index (χ3n) is 4.45. The first-order chi connectivity index (χ1) is 9.27. The molecular weight excluding hydrogens is 238 g/mol. The summed E-state index contributed by atoms with van der Waals surface area (Å²) in [5.41, 5.74) is 1.17. The van der Waals surface area contributed by atoms with Gasteiger partial charge in [0.2, 0.25) is 5.91 Å². The summed E-state index contributed by atoms with van der Waals surface area (Å²) < 4.78 is 0. The Balaban J connectivity index is 1.78. The van der Waals surface area contributed by atoms with Crippen molar-refractivity contribution in [3.05, 3.63) is 30.1 Å². The van der Waals surface area contributed by atoms with Crippen LogP contribution in [-0.2, 0) is 4.79 Å². The lowest BCUT2D eigenvalue weighted by atomic mass is 9.99. The Labute approximate surface area is 114 Å². The molecule has 1 N–H and O–H groups in total. The molecular formula is C15H21N3O. The SMILES string of the molecule is CC1NCCC1C(=O)N1CCCC1c1cccnc1. The fraction of sp³-hybridized carbons (Fsp3) is 0.600. The molecule has 1 amide bonds. The van der Waals surface area contributed by atoms with Gasteiger partial charge in [0.15, 0.2) is 0 Å². The summed E-state index contributed by atoms with van der Waals surface area (Å²) in [6.07, 6.45) is 6.81. The summed E-state index contributed by atoms with van der Waals surface area (Å²) in [6.45, 7) is 3.97. The van der Waals surface area contributed by atoms with Crippen LogP contribution in [0.2, 0.25) is 0 Å².